The van der Waals surface area contributed by atoms with E-state index in [1.54, 1.807) is 11.3 Å². The molecule has 2 heterocycles. The van der Waals surface area contributed by atoms with Crippen LogP contribution in [0.1, 0.15) is 29.5 Å². The number of hydrogen-bond donors (Lipinski definition) is 0. The van der Waals surface area contributed by atoms with Crippen LogP contribution < -0.4 is 4.80 Å². The highest BCUT2D eigenvalue weighted by Gasteiger charge is 2.19. The molecule has 4 heteroatoms. The Bertz CT molecular complexity index is 992. The van der Waals surface area contributed by atoms with Gasteiger partial charge in [0.25, 0.3) is 0 Å². The molecule has 1 fully saturated rings. The van der Waals surface area contributed by atoms with Crippen LogP contribution in [0.2, 0.25) is 0 Å². The second-order valence-electron chi connectivity index (χ2n) is 7.42. The van der Waals surface area contributed by atoms with Crippen LogP contribution in [-0.4, -0.2) is 17.3 Å². The van der Waals surface area contributed by atoms with E-state index in [1.807, 2.05) is 0 Å². The van der Waals surface area contributed by atoms with Crippen LogP contribution in [0.4, 0.5) is 5.69 Å². The minimum absolute atomic E-state index is 0.279. The second-order valence-corrected chi connectivity index (χ2v) is 8.25. The predicted octanol–water partition coefficient (Wildman–Crippen LogP) is 5.55. The molecule has 0 spiro atoms. The van der Waals surface area contributed by atoms with Gasteiger partial charge in [-0.05, 0) is 56.4 Å². The zero-order chi connectivity index (χ0) is 18.8. The van der Waals surface area contributed by atoms with Crippen LogP contribution >= 0.6 is 11.3 Å². The first-order valence-corrected chi connectivity index (χ1v) is 10.5. The number of thiazole rings is 1. The summed E-state index contributed by atoms with van der Waals surface area (Å²) in [6, 6.07) is 15.2. The maximum absolute atomic E-state index is 5.93. The van der Waals surface area contributed by atoms with Crippen molar-refractivity contribution in [3.63, 3.8) is 0 Å². The summed E-state index contributed by atoms with van der Waals surface area (Å²) in [6.45, 7) is 8.09. The topological polar surface area (TPSA) is 26.5 Å². The first-order valence-electron chi connectivity index (χ1n) is 9.59. The smallest absolute Gasteiger partial charge is 0.190 e. The normalized spacial score (nSPS) is 17.6. The Morgan fingerprint density at radius 3 is 2.59 bits per heavy atom. The van der Waals surface area contributed by atoms with Crippen molar-refractivity contribution in [2.45, 2.75) is 46.3 Å². The third kappa shape index (κ3) is 4.07. The summed E-state index contributed by atoms with van der Waals surface area (Å²) in [4.78, 5) is 6.07. The molecule has 1 atom stereocenters. The number of hydrogen-bond acceptors (Lipinski definition) is 3. The lowest BCUT2D eigenvalue weighted by atomic mass is 10.1. The standard InChI is InChI=1S/C23H26N2OS/c1-16-7-10-19(11-8-16)22-15-27-23(25(22)14-20-5-4-12-26-20)24-21-13-17(2)6-9-18(21)3/h6-11,13,15,20H,4-5,12,14H2,1-3H3. The molecule has 0 aliphatic carbocycles. The summed E-state index contributed by atoms with van der Waals surface area (Å²) in [7, 11) is 0. The van der Waals surface area contributed by atoms with Gasteiger partial charge in [-0.1, -0.05) is 42.0 Å². The number of benzene rings is 2. The molecule has 140 valence electrons. The highest BCUT2D eigenvalue weighted by Crippen LogP contribution is 2.25. The molecule has 0 radical (unpaired) electrons. The van der Waals surface area contributed by atoms with Crippen molar-refractivity contribution in [2.75, 3.05) is 6.61 Å². The second kappa shape index (κ2) is 7.83. The zero-order valence-electron chi connectivity index (χ0n) is 16.2. The van der Waals surface area contributed by atoms with Gasteiger partial charge in [-0.15, -0.1) is 11.3 Å². The summed E-state index contributed by atoms with van der Waals surface area (Å²) in [5.41, 5.74) is 7.22. The molecule has 1 aliphatic rings. The van der Waals surface area contributed by atoms with E-state index < -0.39 is 0 Å². The maximum atomic E-state index is 5.93. The molecule has 0 bridgehead atoms. The van der Waals surface area contributed by atoms with E-state index in [9.17, 15) is 0 Å². The molecule has 2 aromatic carbocycles. The largest absolute Gasteiger partial charge is 0.376 e. The van der Waals surface area contributed by atoms with Gasteiger partial charge in [0.2, 0.25) is 0 Å². The third-order valence-electron chi connectivity index (χ3n) is 5.14. The van der Waals surface area contributed by atoms with Gasteiger partial charge in [-0.25, -0.2) is 4.99 Å². The lowest BCUT2D eigenvalue weighted by Crippen LogP contribution is -2.24. The Morgan fingerprint density at radius 2 is 1.85 bits per heavy atom. The molecule has 0 amide bonds. The molecule has 0 N–H and O–H groups in total. The van der Waals surface area contributed by atoms with Gasteiger partial charge in [0.05, 0.1) is 24.0 Å². The fourth-order valence-corrected chi connectivity index (χ4v) is 4.42. The molecule has 1 aliphatic heterocycles. The Labute approximate surface area is 165 Å². The van der Waals surface area contributed by atoms with Gasteiger partial charge < -0.3 is 9.30 Å². The van der Waals surface area contributed by atoms with Crippen molar-refractivity contribution in [2.24, 2.45) is 4.99 Å². The van der Waals surface area contributed by atoms with Crippen LogP contribution in [0, 0.1) is 20.8 Å². The molecule has 3 nitrogen and oxygen atoms in total. The van der Waals surface area contributed by atoms with Gasteiger partial charge in [-0.2, -0.15) is 0 Å². The Morgan fingerprint density at radius 1 is 1.07 bits per heavy atom. The molecular formula is C23H26N2OS. The summed E-state index contributed by atoms with van der Waals surface area (Å²) < 4.78 is 8.27. The first-order chi connectivity index (χ1) is 13.1. The van der Waals surface area contributed by atoms with E-state index in [0.29, 0.717) is 0 Å². The van der Waals surface area contributed by atoms with Crippen LogP contribution in [0.3, 0.4) is 0 Å². The van der Waals surface area contributed by atoms with Crippen LogP contribution in [0.25, 0.3) is 11.3 Å². The van der Waals surface area contributed by atoms with Gasteiger partial charge >= 0.3 is 0 Å². The maximum Gasteiger partial charge on any atom is 0.190 e. The van der Waals surface area contributed by atoms with Gasteiger partial charge in [0, 0.05) is 12.0 Å². The molecular weight excluding hydrogens is 352 g/mol. The van der Waals surface area contributed by atoms with E-state index in [1.165, 1.54) is 27.9 Å². The lowest BCUT2D eigenvalue weighted by molar-refractivity contribution is 0.0968. The first kappa shape index (κ1) is 18.2. The number of aromatic nitrogens is 1. The summed E-state index contributed by atoms with van der Waals surface area (Å²) in [5, 5.41) is 2.23. The zero-order valence-corrected chi connectivity index (χ0v) is 17.1. The van der Waals surface area contributed by atoms with E-state index in [-0.39, 0.29) is 6.10 Å². The van der Waals surface area contributed by atoms with E-state index >= 15 is 0 Å². The number of rotatable bonds is 4. The fraction of sp³-hybridized carbons (Fsp3) is 0.348. The minimum Gasteiger partial charge on any atom is -0.376 e. The Balaban J connectivity index is 1.82. The fourth-order valence-electron chi connectivity index (χ4n) is 3.49. The monoisotopic (exact) mass is 378 g/mol. The quantitative estimate of drug-likeness (QED) is 0.584. The molecule has 3 aromatic rings. The van der Waals surface area contributed by atoms with Crippen LogP contribution in [0.5, 0.6) is 0 Å². The van der Waals surface area contributed by atoms with Crippen molar-refractivity contribution >= 4 is 17.0 Å². The Kier molecular flexibility index (Phi) is 5.28. The number of aryl methyl sites for hydroxylation is 3. The number of ether oxygens (including phenoxy) is 1. The molecule has 0 saturated carbocycles. The molecule has 27 heavy (non-hydrogen) atoms. The van der Waals surface area contributed by atoms with Gasteiger partial charge in [0.15, 0.2) is 4.80 Å². The minimum atomic E-state index is 0.279. The molecule has 1 unspecified atom stereocenters. The summed E-state index contributed by atoms with van der Waals surface area (Å²) in [6.07, 6.45) is 2.55. The highest BCUT2D eigenvalue weighted by atomic mass is 32.1. The van der Waals surface area contributed by atoms with Gasteiger partial charge in [0.1, 0.15) is 0 Å². The molecule has 1 aromatic heterocycles. The van der Waals surface area contributed by atoms with E-state index in [2.05, 4.69) is 73.2 Å². The van der Waals surface area contributed by atoms with Crippen molar-refractivity contribution in [1.29, 1.82) is 0 Å². The van der Waals surface area contributed by atoms with Crippen LogP contribution in [-0.2, 0) is 11.3 Å². The summed E-state index contributed by atoms with van der Waals surface area (Å²) >= 11 is 1.71. The third-order valence-corrected chi connectivity index (χ3v) is 6.00. The van der Waals surface area contributed by atoms with Crippen LogP contribution in [0.15, 0.2) is 52.8 Å². The number of nitrogens with zero attached hydrogens (tertiary/aromatic N) is 2. The highest BCUT2D eigenvalue weighted by molar-refractivity contribution is 7.07. The summed E-state index contributed by atoms with van der Waals surface area (Å²) in [5.74, 6) is 0. The lowest BCUT2D eigenvalue weighted by Gasteiger charge is -2.14. The predicted molar refractivity (Wildman–Crippen MR) is 113 cm³/mol. The van der Waals surface area contributed by atoms with Crippen molar-refractivity contribution in [3.8, 4) is 11.3 Å². The van der Waals surface area contributed by atoms with Crippen molar-refractivity contribution in [1.82, 2.24) is 4.57 Å². The molecule has 1 saturated heterocycles. The van der Waals surface area contributed by atoms with Crippen molar-refractivity contribution in [3.05, 3.63) is 69.3 Å². The van der Waals surface area contributed by atoms with E-state index in [4.69, 9.17) is 9.73 Å². The van der Waals surface area contributed by atoms with Crippen molar-refractivity contribution < 1.29 is 4.74 Å². The Hall–Kier alpha value is -2.17. The van der Waals surface area contributed by atoms with Gasteiger partial charge in [-0.3, -0.25) is 0 Å². The SMILES string of the molecule is Cc1ccc(-c2csc(=Nc3cc(C)ccc3C)n2CC2CCCO2)cc1. The van der Waals surface area contributed by atoms with E-state index in [0.717, 1.165) is 36.5 Å². The average molecular weight is 379 g/mol. The molecule has 4 rings (SSSR count). The average Bonchev–Trinajstić information content (AvgIpc) is 3.30.